The minimum Gasteiger partial charge on any atom is -1.00 e. The van der Waals surface area contributed by atoms with E-state index in [2.05, 4.69) is 85.7 Å². The van der Waals surface area contributed by atoms with E-state index in [1.54, 1.807) is 11.3 Å². The average molecular weight is 686 g/mol. The third kappa shape index (κ3) is 13.4. The smallest absolute Gasteiger partial charge is 0.227 e. The molecular weight excluding hydrogens is 628 g/mol. The lowest BCUT2D eigenvalue weighted by molar-refractivity contribution is -0.683. The molecule has 0 aliphatic heterocycles. The number of nitrogens with zero attached hydrogens (tertiary/aromatic N) is 2. The highest BCUT2D eigenvalue weighted by atomic mass is 79.9. The molecule has 244 valence electrons. The predicted molar refractivity (Wildman–Crippen MR) is 183 cm³/mol. The van der Waals surface area contributed by atoms with E-state index in [-0.39, 0.29) is 28.3 Å². The molecule has 0 saturated carbocycles. The molecule has 0 unspecified atom stereocenters. The fourth-order valence-corrected chi connectivity index (χ4v) is 6.19. The molecule has 44 heavy (non-hydrogen) atoms. The zero-order chi connectivity index (χ0) is 30.9. The number of anilines is 1. The van der Waals surface area contributed by atoms with Crippen LogP contribution in [-0.2, 0) is 23.3 Å². The van der Waals surface area contributed by atoms with Gasteiger partial charge in [-0.05, 0) is 47.2 Å². The Morgan fingerprint density at radius 2 is 1.50 bits per heavy atom. The van der Waals surface area contributed by atoms with Crippen molar-refractivity contribution in [2.45, 2.75) is 137 Å². The molecule has 6 heteroatoms. The molecule has 2 aromatic carbocycles. The topological polar surface area (TPSA) is 33.4 Å². The zero-order valence-electron chi connectivity index (χ0n) is 28.1. The molecule has 0 saturated heterocycles. The Morgan fingerprint density at radius 1 is 0.841 bits per heavy atom. The molecule has 1 aromatic heterocycles. The van der Waals surface area contributed by atoms with Crippen LogP contribution < -0.4 is 31.2 Å². The molecule has 3 rings (SSSR count). The van der Waals surface area contributed by atoms with E-state index in [1.807, 2.05) is 17.9 Å². The first-order valence-electron chi connectivity index (χ1n) is 16.9. The van der Waals surface area contributed by atoms with Crippen LogP contribution in [0, 0.1) is 0 Å². The molecule has 0 aliphatic carbocycles. The summed E-state index contributed by atoms with van der Waals surface area (Å²) in [4.78, 5) is 15.1. The van der Waals surface area contributed by atoms with Crippen LogP contribution in [0.5, 0.6) is 5.75 Å². The van der Waals surface area contributed by atoms with Crippen molar-refractivity contribution < 1.29 is 31.1 Å². The molecular formula is C38H57BrN2O2S. The van der Waals surface area contributed by atoms with Gasteiger partial charge in [-0.3, -0.25) is 4.79 Å². The van der Waals surface area contributed by atoms with Crippen molar-refractivity contribution in [3.8, 4) is 5.75 Å². The summed E-state index contributed by atoms with van der Waals surface area (Å²) in [6, 6.07) is 14.9. The quantitative estimate of drug-likeness (QED) is 0.0918. The summed E-state index contributed by atoms with van der Waals surface area (Å²) < 4.78 is 8.52. The van der Waals surface area contributed by atoms with Crippen LogP contribution in [0.4, 0.5) is 5.69 Å². The standard InChI is InChI=1S/C38H57N2O2S.BrH/c1-6-8-9-10-11-12-13-14-15-16-17-18-25-42-36-23-22-33(28-35(36)38(3,4)5)30-40(37(41)7-2)34-21-19-20-32(27-34)29-39-24-26-43-31-39;/h19-24,26-28,31H,6-18,25,29-30H2,1-5H3;1H/q+1;/p-1. The number of carbonyl (C=O) groups is 1. The van der Waals surface area contributed by atoms with Crippen LogP contribution in [0.3, 0.4) is 0 Å². The van der Waals surface area contributed by atoms with Crippen LogP contribution in [0.1, 0.15) is 135 Å². The Hall–Kier alpha value is -2.18. The van der Waals surface area contributed by atoms with Gasteiger partial charge in [0, 0.05) is 17.7 Å². The van der Waals surface area contributed by atoms with Gasteiger partial charge in [-0.15, -0.1) is 0 Å². The van der Waals surface area contributed by atoms with Crippen molar-refractivity contribution in [3.05, 3.63) is 76.2 Å². The summed E-state index contributed by atoms with van der Waals surface area (Å²) >= 11 is 1.69. The zero-order valence-corrected chi connectivity index (χ0v) is 30.5. The number of carbonyl (C=O) groups excluding carboxylic acids is 1. The highest BCUT2D eigenvalue weighted by Gasteiger charge is 2.22. The molecule has 0 aliphatic rings. The maximum absolute atomic E-state index is 13.1. The molecule has 0 spiro atoms. The van der Waals surface area contributed by atoms with Gasteiger partial charge in [-0.2, -0.15) is 4.57 Å². The second kappa shape index (κ2) is 20.8. The minimum absolute atomic E-state index is 0. The van der Waals surface area contributed by atoms with E-state index in [4.69, 9.17) is 4.74 Å². The van der Waals surface area contributed by atoms with Crippen molar-refractivity contribution in [3.63, 3.8) is 0 Å². The van der Waals surface area contributed by atoms with Crippen molar-refractivity contribution in [1.29, 1.82) is 0 Å². The maximum Gasteiger partial charge on any atom is 0.227 e. The van der Waals surface area contributed by atoms with Gasteiger partial charge in [0.25, 0.3) is 0 Å². The number of amides is 1. The second-order valence-corrected chi connectivity index (χ2v) is 13.8. The molecule has 3 aromatic rings. The van der Waals surface area contributed by atoms with E-state index in [9.17, 15) is 4.79 Å². The molecule has 0 fully saturated rings. The Kier molecular flexibility index (Phi) is 17.9. The molecule has 0 bridgehead atoms. The molecule has 0 N–H and O–H groups in total. The van der Waals surface area contributed by atoms with Gasteiger partial charge in [-0.1, -0.05) is 135 Å². The Balaban J connectivity index is 0.00000675. The fourth-order valence-electron chi connectivity index (χ4n) is 5.59. The average Bonchev–Trinajstić information content (AvgIpc) is 3.51. The largest absolute Gasteiger partial charge is 1.00 e. The second-order valence-electron chi connectivity index (χ2n) is 13.0. The summed E-state index contributed by atoms with van der Waals surface area (Å²) in [7, 11) is 0. The van der Waals surface area contributed by atoms with Crippen LogP contribution in [0.15, 0.2) is 59.6 Å². The maximum atomic E-state index is 13.1. The summed E-state index contributed by atoms with van der Waals surface area (Å²) in [5, 5.41) is 2.08. The fraction of sp³-hybridized carbons (Fsp3) is 0.579. The van der Waals surface area contributed by atoms with Gasteiger partial charge < -0.3 is 26.6 Å². The molecule has 0 atom stereocenters. The van der Waals surface area contributed by atoms with Crippen LogP contribution >= 0.6 is 11.3 Å². The third-order valence-corrected chi connectivity index (χ3v) is 8.84. The predicted octanol–water partition coefficient (Wildman–Crippen LogP) is 7.41. The van der Waals surface area contributed by atoms with Gasteiger partial charge in [-0.25, -0.2) is 0 Å². The van der Waals surface area contributed by atoms with E-state index in [1.165, 1.54) is 81.8 Å². The lowest BCUT2D eigenvalue weighted by Gasteiger charge is -2.26. The molecule has 1 amide bonds. The first-order chi connectivity index (χ1) is 20.8. The summed E-state index contributed by atoms with van der Waals surface area (Å²) in [5.74, 6) is 1.10. The SMILES string of the molecule is CCCCCCCCCCCCCCOc1ccc(CN(C(=O)CC)c2cccc(C[n+]3ccsc3)c2)cc1C(C)(C)C.[Br-]. The van der Waals surface area contributed by atoms with E-state index < -0.39 is 0 Å². The summed E-state index contributed by atoms with van der Waals surface area (Å²) in [6.45, 7) is 13.0. The number of hydrogen-bond acceptors (Lipinski definition) is 3. The van der Waals surface area contributed by atoms with Gasteiger partial charge in [0.05, 0.1) is 18.5 Å². The van der Waals surface area contributed by atoms with Gasteiger partial charge in [0.2, 0.25) is 11.4 Å². The minimum atomic E-state index is -0.0564. The first kappa shape index (κ1) is 38.0. The van der Waals surface area contributed by atoms with Gasteiger partial charge >= 0.3 is 0 Å². The number of unbranched alkanes of at least 4 members (excludes halogenated alkanes) is 11. The number of aromatic nitrogens is 1. The number of benzene rings is 2. The van der Waals surface area contributed by atoms with Gasteiger partial charge in [0.15, 0.2) is 12.7 Å². The van der Waals surface area contributed by atoms with Crippen molar-refractivity contribution in [1.82, 2.24) is 0 Å². The van der Waals surface area contributed by atoms with E-state index in [0.29, 0.717) is 13.0 Å². The summed E-state index contributed by atoms with van der Waals surface area (Å²) in [5.41, 5.74) is 6.52. The Morgan fingerprint density at radius 3 is 2.09 bits per heavy atom. The van der Waals surface area contributed by atoms with Crippen LogP contribution in [-0.4, -0.2) is 12.5 Å². The van der Waals surface area contributed by atoms with Crippen molar-refractivity contribution in [2.24, 2.45) is 0 Å². The number of ether oxygens (including phenoxy) is 1. The van der Waals surface area contributed by atoms with Crippen molar-refractivity contribution in [2.75, 3.05) is 11.5 Å². The first-order valence-corrected chi connectivity index (χ1v) is 17.8. The van der Waals surface area contributed by atoms with Crippen LogP contribution in [0.25, 0.3) is 0 Å². The highest BCUT2D eigenvalue weighted by molar-refractivity contribution is 7.07. The van der Waals surface area contributed by atoms with E-state index >= 15 is 0 Å². The number of hydrogen-bond donors (Lipinski definition) is 0. The Labute approximate surface area is 283 Å². The molecule has 0 radical (unpaired) electrons. The number of rotatable bonds is 20. The normalized spacial score (nSPS) is 11.3. The van der Waals surface area contributed by atoms with E-state index in [0.717, 1.165) is 36.6 Å². The lowest BCUT2D eigenvalue weighted by atomic mass is 9.85. The number of thiazole rings is 1. The lowest BCUT2D eigenvalue weighted by Crippen LogP contribution is -3.00. The Bertz CT molecular complexity index is 1210. The van der Waals surface area contributed by atoms with Crippen LogP contribution in [0.2, 0.25) is 0 Å². The summed E-state index contributed by atoms with van der Waals surface area (Å²) in [6.07, 6.45) is 18.7. The monoisotopic (exact) mass is 684 g/mol. The van der Waals surface area contributed by atoms with Gasteiger partial charge in [0.1, 0.15) is 5.75 Å². The van der Waals surface area contributed by atoms with Crippen molar-refractivity contribution >= 4 is 22.9 Å². The third-order valence-electron chi connectivity index (χ3n) is 8.17. The molecule has 1 heterocycles. The highest BCUT2D eigenvalue weighted by Crippen LogP contribution is 2.33. The number of halogens is 1. The molecule has 4 nitrogen and oxygen atoms in total.